The van der Waals surface area contributed by atoms with E-state index in [2.05, 4.69) is 212 Å². The summed E-state index contributed by atoms with van der Waals surface area (Å²) in [4.78, 5) is 6.75. The van der Waals surface area contributed by atoms with Gasteiger partial charge in [0, 0.05) is 56.7 Å². The summed E-state index contributed by atoms with van der Waals surface area (Å²) >= 11 is 0. The summed E-state index contributed by atoms with van der Waals surface area (Å²) in [6, 6.07) is 64.5. The van der Waals surface area contributed by atoms with Crippen LogP contribution in [0.5, 0.6) is 0 Å². The van der Waals surface area contributed by atoms with E-state index < -0.39 is 0 Å². The van der Waals surface area contributed by atoms with E-state index in [0.717, 1.165) is 33.9 Å². The number of nitrogens with zero attached hydrogens (tertiary/aromatic N) is 3. The second-order valence-electron chi connectivity index (χ2n) is 16.9. The lowest BCUT2D eigenvalue weighted by Gasteiger charge is -2.28. The number of para-hydroxylation sites is 2. The molecule has 0 spiro atoms. The van der Waals surface area contributed by atoms with Gasteiger partial charge >= 0.3 is 0 Å². The molecule has 2 aliphatic rings. The van der Waals surface area contributed by atoms with Gasteiger partial charge in [0.1, 0.15) is 0 Å². The van der Waals surface area contributed by atoms with Gasteiger partial charge < -0.3 is 9.47 Å². The molecule has 11 rings (SSSR count). The fourth-order valence-corrected chi connectivity index (χ4v) is 10.1. The van der Waals surface area contributed by atoms with Crippen molar-refractivity contribution in [3.8, 4) is 27.9 Å². The zero-order valence-corrected chi connectivity index (χ0v) is 33.2. The Balaban J connectivity index is 1.01. The van der Waals surface area contributed by atoms with E-state index in [4.69, 9.17) is 0 Å². The Hall–Kier alpha value is -6.97. The second-order valence-corrected chi connectivity index (χ2v) is 16.9. The molecule has 0 saturated carbocycles. The summed E-state index contributed by atoms with van der Waals surface area (Å²) in [7, 11) is 0. The van der Waals surface area contributed by atoms with Crippen molar-refractivity contribution in [2.45, 2.75) is 38.5 Å². The SMILES string of the molecule is CC1(C)C2=C(c3ccccc31)C(C)(C)c1cc(-c3ccc(N(c4ccc(-c5cccnc5)cc4)c4ccc5c(c4)c4ccccc4n5-c4ccccc4)cc3)ccc12. The van der Waals surface area contributed by atoms with Crippen LogP contribution >= 0.6 is 0 Å². The third kappa shape index (κ3) is 5.09. The van der Waals surface area contributed by atoms with Gasteiger partial charge in [-0.3, -0.25) is 4.98 Å². The highest BCUT2D eigenvalue weighted by Crippen LogP contribution is 2.62. The number of hydrogen-bond donors (Lipinski definition) is 0. The molecule has 0 radical (unpaired) electrons. The third-order valence-electron chi connectivity index (χ3n) is 12.8. The molecular formula is C55H43N3. The highest BCUT2D eigenvalue weighted by atomic mass is 15.1. The molecule has 7 aromatic carbocycles. The number of rotatable bonds is 6. The van der Waals surface area contributed by atoms with E-state index >= 15 is 0 Å². The van der Waals surface area contributed by atoms with Gasteiger partial charge in [0.15, 0.2) is 0 Å². The maximum Gasteiger partial charge on any atom is 0.0542 e. The van der Waals surface area contributed by atoms with Gasteiger partial charge in [-0.05, 0) is 128 Å². The number of aromatic nitrogens is 2. The van der Waals surface area contributed by atoms with Crippen molar-refractivity contribution in [1.29, 1.82) is 0 Å². The summed E-state index contributed by atoms with van der Waals surface area (Å²) in [5, 5.41) is 2.45. The van der Waals surface area contributed by atoms with Crippen LogP contribution in [0.1, 0.15) is 49.9 Å². The van der Waals surface area contributed by atoms with Crippen molar-refractivity contribution in [3.63, 3.8) is 0 Å². The van der Waals surface area contributed by atoms with Gasteiger partial charge in [0.25, 0.3) is 0 Å². The molecule has 0 amide bonds. The Kier molecular flexibility index (Phi) is 7.55. The van der Waals surface area contributed by atoms with Crippen LogP contribution in [0, 0.1) is 0 Å². The average molecular weight is 746 g/mol. The zero-order valence-electron chi connectivity index (χ0n) is 33.2. The van der Waals surface area contributed by atoms with Crippen molar-refractivity contribution < 1.29 is 0 Å². The van der Waals surface area contributed by atoms with E-state index in [-0.39, 0.29) is 10.8 Å². The topological polar surface area (TPSA) is 21.1 Å². The number of benzene rings is 7. The molecule has 0 unspecified atom stereocenters. The Morgan fingerprint density at radius 1 is 0.431 bits per heavy atom. The van der Waals surface area contributed by atoms with Gasteiger partial charge in [-0.1, -0.05) is 131 Å². The molecule has 58 heavy (non-hydrogen) atoms. The summed E-state index contributed by atoms with van der Waals surface area (Å²) in [5.41, 5.74) is 20.1. The smallest absolute Gasteiger partial charge is 0.0542 e. The maximum absolute atomic E-state index is 4.37. The molecule has 3 heteroatoms. The van der Waals surface area contributed by atoms with Gasteiger partial charge in [-0.25, -0.2) is 0 Å². The van der Waals surface area contributed by atoms with Crippen LogP contribution in [0.15, 0.2) is 188 Å². The quantitative estimate of drug-likeness (QED) is 0.169. The Bertz CT molecular complexity index is 3080. The van der Waals surface area contributed by atoms with E-state index in [0.29, 0.717) is 0 Å². The fourth-order valence-electron chi connectivity index (χ4n) is 10.1. The molecule has 0 bridgehead atoms. The van der Waals surface area contributed by atoms with Crippen molar-refractivity contribution in [3.05, 3.63) is 211 Å². The van der Waals surface area contributed by atoms with Crippen LogP contribution in [0.3, 0.4) is 0 Å². The molecule has 2 heterocycles. The number of anilines is 3. The molecule has 0 aliphatic heterocycles. The Labute approximate surface area is 340 Å². The average Bonchev–Trinajstić information content (AvgIpc) is 3.82. The Morgan fingerprint density at radius 2 is 1.02 bits per heavy atom. The van der Waals surface area contributed by atoms with Crippen molar-refractivity contribution in [2.75, 3.05) is 4.90 Å². The lowest BCUT2D eigenvalue weighted by molar-refractivity contribution is 0.694. The molecule has 0 atom stereocenters. The van der Waals surface area contributed by atoms with Gasteiger partial charge in [-0.15, -0.1) is 0 Å². The van der Waals surface area contributed by atoms with Crippen molar-refractivity contribution in [1.82, 2.24) is 9.55 Å². The normalized spacial score (nSPS) is 14.8. The molecule has 0 fully saturated rings. The van der Waals surface area contributed by atoms with E-state index in [9.17, 15) is 0 Å². The number of fused-ring (bicyclic) bond motifs is 7. The van der Waals surface area contributed by atoms with E-state index in [1.807, 2.05) is 18.5 Å². The van der Waals surface area contributed by atoms with Crippen LogP contribution in [0.2, 0.25) is 0 Å². The molecule has 278 valence electrons. The molecule has 3 nitrogen and oxygen atoms in total. The monoisotopic (exact) mass is 745 g/mol. The first-order valence-electron chi connectivity index (χ1n) is 20.3. The van der Waals surface area contributed by atoms with E-state index in [1.165, 1.54) is 66.3 Å². The van der Waals surface area contributed by atoms with Crippen molar-refractivity contribution >= 4 is 50.0 Å². The van der Waals surface area contributed by atoms with Gasteiger partial charge in [0.05, 0.1) is 11.0 Å². The van der Waals surface area contributed by atoms with Crippen LogP contribution in [-0.2, 0) is 10.8 Å². The molecule has 9 aromatic rings. The first kappa shape index (κ1) is 34.3. The van der Waals surface area contributed by atoms with Crippen molar-refractivity contribution in [2.24, 2.45) is 0 Å². The first-order valence-corrected chi connectivity index (χ1v) is 20.3. The minimum absolute atomic E-state index is 0.0310. The standard InChI is InChI=1S/C55H43N3/c1-54(2)48-18-10-8-17-45(48)52-53(54)46-30-24-38(33-49(46)55(52,3)4)36-20-25-41(26-21-36)57(42-27-22-37(23-28-42)39-13-12-32-56-35-39)43-29-31-51-47(34-43)44-16-9-11-19-50(44)58(51)40-14-6-5-7-15-40/h5-35H,1-4H3. The van der Waals surface area contributed by atoms with Crippen LogP contribution in [0.25, 0.3) is 60.9 Å². The molecule has 2 aromatic heterocycles. The predicted octanol–water partition coefficient (Wildman–Crippen LogP) is 14.5. The highest BCUT2D eigenvalue weighted by molar-refractivity contribution is 6.11. The lowest BCUT2D eigenvalue weighted by atomic mass is 9.75. The summed E-state index contributed by atoms with van der Waals surface area (Å²) in [6.07, 6.45) is 3.74. The largest absolute Gasteiger partial charge is 0.310 e. The summed E-state index contributed by atoms with van der Waals surface area (Å²) < 4.78 is 2.37. The second kappa shape index (κ2) is 12.8. The number of hydrogen-bond acceptors (Lipinski definition) is 2. The fraction of sp³-hybridized carbons (Fsp3) is 0.109. The minimum Gasteiger partial charge on any atom is -0.310 e. The maximum atomic E-state index is 4.37. The van der Waals surface area contributed by atoms with Crippen LogP contribution in [-0.4, -0.2) is 9.55 Å². The first-order chi connectivity index (χ1) is 28.3. The van der Waals surface area contributed by atoms with Gasteiger partial charge in [-0.2, -0.15) is 0 Å². The van der Waals surface area contributed by atoms with Gasteiger partial charge in [0.2, 0.25) is 0 Å². The highest BCUT2D eigenvalue weighted by Gasteiger charge is 2.49. The minimum atomic E-state index is -0.0917. The van der Waals surface area contributed by atoms with Crippen LogP contribution in [0.4, 0.5) is 17.1 Å². The number of allylic oxidation sites excluding steroid dienone is 2. The molecule has 0 N–H and O–H groups in total. The molecule has 2 aliphatic carbocycles. The Morgan fingerprint density at radius 3 is 1.74 bits per heavy atom. The van der Waals surface area contributed by atoms with Crippen LogP contribution < -0.4 is 4.90 Å². The third-order valence-corrected chi connectivity index (χ3v) is 12.8. The summed E-state index contributed by atoms with van der Waals surface area (Å²) in [6.45, 7) is 9.60. The predicted molar refractivity (Wildman–Crippen MR) is 243 cm³/mol. The van der Waals surface area contributed by atoms with E-state index in [1.54, 1.807) is 0 Å². The summed E-state index contributed by atoms with van der Waals surface area (Å²) in [5.74, 6) is 0. The lowest BCUT2D eigenvalue weighted by Crippen LogP contribution is -2.19. The molecular weight excluding hydrogens is 703 g/mol. The number of pyridine rings is 1. The zero-order chi connectivity index (χ0) is 39.2. The molecule has 0 saturated heterocycles.